The van der Waals surface area contributed by atoms with Crippen molar-refractivity contribution in [2.45, 2.75) is 132 Å². The summed E-state index contributed by atoms with van der Waals surface area (Å²) in [7, 11) is 0. The van der Waals surface area contributed by atoms with Gasteiger partial charge in [0.15, 0.2) is 5.79 Å². The number of epoxide rings is 1. The summed E-state index contributed by atoms with van der Waals surface area (Å²) >= 11 is 0. The number of hydrogen-bond donors (Lipinski definition) is 0. The predicted molar refractivity (Wildman–Crippen MR) is 162 cm³/mol. The van der Waals surface area contributed by atoms with Crippen molar-refractivity contribution in [2.24, 2.45) is 11.3 Å². The second-order valence-electron chi connectivity index (χ2n) is 12.0. The summed E-state index contributed by atoms with van der Waals surface area (Å²) in [5.74, 6) is 0.388. The van der Waals surface area contributed by atoms with Gasteiger partial charge in [-0.25, -0.2) is 0 Å². The van der Waals surface area contributed by atoms with E-state index in [9.17, 15) is 0 Å². The Morgan fingerprint density at radius 1 is 1.00 bits per heavy atom. The third kappa shape index (κ3) is 9.71. The van der Waals surface area contributed by atoms with Crippen LogP contribution < -0.4 is 0 Å². The first-order valence-corrected chi connectivity index (χ1v) is 15.4. The van der Waals surface area contributed by atoms with Crippen LogP contribution in [-0.2, 0) is 23.8 Å². The van der Waals surface area contributed by atoms with Gasteiger partial charge in [-0.2, -0.15) is 5.06 Å². The van der Waals surface area contributed by atoms with Gasteiger partial charge in [0.2, 0.25) is 0 Å². The number of hydroxylamine groups is 2. The lowest BCUT2D eigenvalue weighted by molar-refractivity contribution is -0.321. The third-order valence-electron chi connectivity index (χ3n) is 8.28. The highest BCUT2D eigenvalue weighted by molar-refractivity contribution is 5.24. The molecule has 6 nitrogen and oxygen atoms in total. The van der Waals surface area contributed by atoms with Crippen molar-refractivity contribution in [1.29, 1.82) is 0 Å². The van der Waals surface area contributed by atoms with E-state index < -0.39 is 5.79 Å². The van der Waals surface area contributed by atoms with Crippen molar-refractivity contribution >= 4 is 0 Å². The molecule has 1 spiro atoms. The Balaban J connectivity index is 0.00000181. The van der Waals surface area contributed by atoms with Crippen LogP contribution in [0.2, 0.25) is 0 Å². The molecule has 3 aliphatic rings. The fraction of sp³-hybridized carbons (Fsp3) is 0.818. The average Bonchev–Trinajstić information content (AvgIpc) is 3.78. The lowest BCUT2D eigenvalue weighted by atomic mass is 9.80. The Hall–Kier alpha value is -1.18. The zero-order valence-electron chi connectivity index (χ0n) is 27.4. The first kappa shape index (κ1) is 35.8. The minimum Gasteiger partial charge on any atom is -0.491 e. The maximum Gasteiger partial charge on any atom is 0.170 e. The fourth-order valence-electron chi connectivity index (χ4n) is 5.23. The molecule has 3 saturated heterocycles. The summed E-state index contributed by atoms with van der Waals surface area (Å²) in [5.41, 5.74) is 0.720. The predicted octanol–water partition coefficient (Wildman–Crippen LogP) is 8.24. The summed E-state index contributed by atoms with van der Waals surface area (Å²) in [6.45, 7) is 33.1. The number of rotatable bonds is 10. The van der Waals surface area contributed by atoms with Crippen LogP contribution in [0.3, 0.4) is 0 Å². The largest absolute Gasteiger partial charge is 0.491 e. The van der Waals surface area contributed by atoms with Crippen molar-refractivity contribution in [3.63, 3.8) is 0 Å². The first-order valence-electron chi connectivity index (χ1n) is 15.4. The number of hydrogen-bond acceptors (Lipinski definition) is 6. The van der Waals surface area contributed by atoms with Crippen molar-refractivity contribution in [3.05, 3.63) is 36.1 Å². The molecule has 0 saturated carbocycles. The van der Waals surface area contributed by atoms with E-state index in [4.69, 9.17) is 23.8 Å². The minimum atomic E-state index is -0.572. The van der Waals surface area contributed by atoms with Crippen LogP contribution in [0.1, 0.15) is 109 Å². The van der Waals surface area contributed by atoms with Gasteiger partial charge in [0.25, 0.3) is 0 Å². The van der Waals surface area contributed by atoms with Crippen LogP contribution >= 0.6 is 0 Å². The average molecular weight is 552 g/mol. The van der Waals surface area contributed by atoms with Gasteiger partial charge in [-0.1, -0.05) is 81.0 Å². The molecule has 0 bridgehead atoms. The maximum atomic E-state index is 6.73. The van der Waals surface area contributed by atoms with E-state index in [1.165, 1.54) is 0 Å². The SMILES string of the molecule is C=C(/C=C\C(=C/C)CON1C(C)(CC)CC2(CC(C)C1(C)CC)OCC(C)(C)CO2)OCC1CO1.CC.CC. The van der Waals surface area contributed by atoms with Crippen LogP contribution in [0.15, 0.2) is 36.1 Å². The third-order valence-corrected chi connectivity index (χ3v) is 8.28. The molecule has 0 aromatic heterocycles. The Morgan fingerprint density at radius 3 is 2.08 bits per heavy atom. The fourth-order valence-corrected chi connectivity index (χ4v) is 5.23. The quantitative estimate of drug-likeness (QED) is 0.155. The molecule has 39 heavy (non-hydrogen) atoms. The Morgan fingerprint density at radius 2 is 1.59 bits per heavy atom. The van der Waals surface area contributed by atoms with Crippen LogP contribution in [-0.4, -0.2) is 61.1 Å². The van der Waals surface area contributed by atoms with E-state index in [1.807, 2.05) is 46.8 Å². The van der Waals surface area contributed by atoms with Gasteiger partial charge in [0, 0.05) is 29.3 Å². The normalized spacial score (nSPS) is 31.9. The summed E-state index contributed by atoms with van der Waals surface area (Å²) in [4.78, 5) is 6.73. The second-order valence-corrected chi connectivity index (χ2v) is 12.0. The lowest BCUT2D eigenvalue weighted by Crippen LogP contribution is -2.59. The van der Waals surface area contributed by atoms with Crippen LogP contribution in [0.25, 0.3) is 0 Å². The van der Waals surface area contributed by atoms with E-state index >= 15 is 0 Å². The van der Waals surface area contributed by atoms with Crippen molar-refractivity contribution < 1.29 is 23.8 Å². The number of allylic oxidation sites excluding steroid dienone is 2. The van der Waals surface area contributed by atoms with E-state index in [2.05, 4.69) is 66.2 Å². The molecule has 3 fully saturated rings. The van der Waals surface area contributed by atoms with Gasteiger partial charge < -0.3 is 18.9 Å². The summed E-state index contributed by atoms with van der Waals surface area (Å²) < 4.78 is 24.0. The first-order chi connectivity index (χ1) is 18.4. The molecule has 6 heteroatoms. The summed E-state index contributed by atoms with van der Waals surface area (Å²) in [6, 6.07) is 0. The molecule has 3 heterocycles. The highest BCUT2D eigenvalue weighted by Gasteiger charge is 2.57. The number of ether oxygens (including phenoxy) is 4. The van der Waals surface area contributed by atoms with Gasteiger partial charge in [-0.05, 0) is 51.2 Å². The monoisotopic (exact) mass is 551 g/mol. The standard InChI is InChI=1S/C29H49NO5.2C2H6/c1-10-24(14-13-23(5)31-17-25-18-32-25)16-35-30-27(8,11-2)19-29(15-22(4)28(30,9)12-3)33-20-26(6,7)21-34-29;2*1-2/h10,13-14,22,25H,5,11-12,15-21H2,1-4,6-9H3;2*1-2H3/b14-13-,24-10+;;. The van der Waals surface area contributed by atoms with Gasteiger partial charge in [0.05, 0.1) is 26.4 Å². The minimum absolute atomic E-state index is 0.0419. The summed E-state index contributed by atoms with van der Waals surface area (Å²) in [5, 5.41) is 2.29. The van der Waals surface area contributed by atoms with Crippen molar-refractivity contribution in [1.82, 2.24) is 5.06 Å². The van der Waals surface area contributed by atoms with Gasteiger partial charge in [-0.15, -0.1) is 0 Å². The van der Waals surface area contributed by atoms with Crippen LogP contribution in [0, 0.1) is 11.3 Å². The molecule has 4 unspecified atom stereocenters. The molecule has 0 N–H and O–H groups in total. The smallest absolute Gasteiger partial charge is 0.170 e. The zero-order valence-corrected chi connectivity index (χ0v) is 27.4. The topological polar surface area (TPSA) is 52.7 Å². The molecule has 0 radical (unpaired) electrons. The van der Waals surface area contributed by atoms with E-state index in [0.29, 0.717) is 24.9 Å². The highest BCUT2D eigenvalue weighted by Crippen LogP contribution is 2.50. The maximum absolute atomic E-state index is 6.73. The molecule has 228 valence electrons. The van der Waals surface area contributed by atoms with Gasteiger partial charge in [-0.3, -0.25) is 4.84 Å². The number of nitrogens with zero attached hydrogens (tertiary/aromatic N) is 1. The van der Waals surface area contributed by atoms with Crippen molar-refractivity contribution in [2.75, 3.05) is 33.0 Å². The molecule has 0 aromatic carbocycles. The zero-order chi connectivity index (χ0) is 29.9. The molecular formula is C33H61NO5. The second kappa shape index (κ2) is 15.7. The van der Waals surface area contributed by atoms with Crippen LogP contribution in [0.4, 0.5) is 0 Å². The van der Waals surface area contributed by atoms with Crippen molar-refractivity contribution in [3.8, 4) is 0 Å². The molecule has 3 rings (SSSR count). The summed E-state index contributed by atoms with van der Waals surface area (Å²) in [6.07, 6.45) is 9.79. The Kier molecular flexibility index (Phi) is 14.4. The van der Waals surface area contributed by atoms with Crippen LogP contribution in [0.5, 0.6) is 0 Å². The van der Waals surface area contributed by atoms with Gasteiger partial charge >= 0.3 is 0 Å². The van der Waals surface area contributed by atoms with E-state index in [1.54, 1.807) is 0 Å². The molecule has 0 amide bonds. The molecule has 4 atom stereocenters. The molecule has 0 aromatic rings. The molecule has 0 aliphatic carbocycles. The van der Waals surface area contributed by atoms with E-state index in [0.717, 1.165) is 51.1 Å². The molecule has 3 aliphatic heterocycles. The highest BCUT2D eigenvalue weighted by atomic mass is 16.7. The van der Waals surface area contributed by atoms with E-state index in [-0.39, 0.29) is 22.6 Å². The Bertz CT molecular complexity index is 792. The molecular weight excluding hydrogens is 490 g/mol. The lowest BCUT2D eigenvalue weighted by Gasteiger charge is -2.51. The Labute approximate surface area is 241 Å². The van der Waals surface area contributed by atoms with Gasteiger partial charge in [0.1, 0.15) is 18.5 Å².